The monoisotopic (exact) mass is 452 g/mol. The summed E-state index contributed by atoms with van der Waals surface area (Å²) in [5.41, 5.74) is 3.49. The molecule has 1 aliphatic rings. The predicted octanol–water partition coefficient (Wildman–Crippen LogP) is 4.31. The van der Waals surface area contributed by atoms with Gasteiger partial charge in [0, 0.05) is 12.5 Å². The van der Waals surface area contributed by atoms with Gasteiger partial charge in [-0.15, -0.1) is 0 Å². The molecule has 0 saturated heterocycles. The van der Waals surface area contributed by atoms with Crippen LogP contribution in [0.4, 0.5) is 4.79 Å². The molecule has 2 amide bonds. The van der Waals surface area contributed by atoms with Crippen LogP contribution < -0.4 is 10.6 Å². The third kappa shape index (κ3) is 5.02. The Morgan fingerprint density at radius 1 is 0.970 bits per heavy atom. The highest BCUT2D eigenvalue weighted by atomic mass is 16.5. The average Bonchev–Trinajstić information content (AvgIpc) is 3.15. The molecule has 0 bridgehead atoms. The lowest BCUT2D eigenvalue weighted by atomic mass is 9.82. The summed E-state index contributed by atoms with van der Waals surface area (Å²) in [6, 6.07) is 15.3. The number of hydrogen-bond donors (Lipinski definition) is 3. The summed E-state index contributed by atoms with van der Waals surface area (Å²) in [5, 5.41) is 14.9. The van der Waals surface area contributed by atoms with Crippen LogP contribution in [0.1, 0.15) is 57.1 Å². The van der Waals surface area contributed by atoms with Gasteiger partial charge in [-0.2, -0.15) is 0 Å². The molecular formula is C26H32N2O5. The van der Waals surface area contributed by atoms with E-state index in [0.29, 0.717) is 19.3 Å². The van der Waals surface area contributed by atoms with Crippen molar-refractivity contribution >= 4 is 18.0 Å². The maximum Gasteiger partial charge on any atom is 0.407 e. The molecule has 0 aliphatic heterocycles. The average molecular weight is 453 g/mol. The molecule has 176 valence electrons. The molecule has 7 nitrogen and oxygen atoms in total. The van der Waals surface area contributed by atoms with E-state index in [9.17, 15) is 19.5 Å². The summed E-state index contributed by atoms with van der Waals surface area (Å²) in [5.74, 6) is -1.42. The van der Waals surface area contributed by atoms with E-state index in [0.717, 1.165) is 22.3 Å². The van der Waals surface area contributed by atoms with E-state index in [1.165, 1.54) is 0 Å². The van der Waals surface area contributed by atoms with Crippen LogP contribution in [0.5, 0.6) is 0 Å². The Hall–Kier alpha value is -3.35. The number of carbonyl (C=O) groups excluding carboxylic acids is 2. The molecule has 0 fully saturated rings. The summed E-state index contributed by atoms with van der Waals surface area (Å²) in [7, 11) is 0. The molecule has 0 radical (unpaired) electrons. The number of rotatable bonds is 10. The molecule has 7 heteroatoms. The minimum atomic E-state index is -1.02. The van der Waals surface area contributed by atoms with Crippen molar-refractivity contribution in [3.63, 3.8) is 0 Å². The lowest BCUT2D eigenvalue weighted by molar-refractivity contribution is -0.149. The van der Waals surface area contributed by atoms with E-state index in [-0.39, 0.29) is 19.1 Å². The SMILES string of the molecule is CCC(NC(=O)OCC1c2ccccc2-c2ccccc21)C(=O)NCC(CC)(CC)C(=O)O. The van der Waals surface area contributed by atoms with Gasteiger partial charge in [0.2, 0.25) is 5.91 Å². The first-order chi connectivity index (χ1) is 15.9. The van der Waals surface area contributed by atoms with Crippen molar-refractivity contribution in [1.29, 1.82) is 0 Å². The Morgan fingerprint density at radius 3 is 2.00 bits per heavy atom. The van der Waals surface area contributed by atoms with Crippen LogP contribution in [0.2, 0.25) is 0 Å². The van der Waals surface area contributed by atoms with E-state index < -0.39 is 29.4 Å². The van der Waals surface area contributed by atoms with Crippen LogP contribution >= 0.6 is 0 Å². The minimum Gasteiger partial charge on any atom is -0.481 e. The van der Waals surface area contributed by atoms with Crippen LogP contribution in [0, 0.1) is 5.41 Å². The van der Waals surface area contributed by atoms with Gasteiger partial charge in [0.15, 0.2) is 0 Å². The molecule has 3 rings (SSSR count). The second-order valence-corrected chi connectivity index (χ2v) is 8.44. The molecule has 2 aromatic carbocycles. The van der Waals surface area contributed by atoms with Gasteiger partial charge in [-0.25, -0.2) is 4.79 Å². The summed E-state index contributed by atoms with van der Waals surface area (Å²) >= 11 is 0. The lowest BCUT2D eigenvalue weighted by Crippen LogP contribution is -2.50. The second-order valence-electron chi connectivity index (χ2n) is 8.44. The third-order valence-corrected chi connectivity index (χ3v) is 6.77. The number of benzene rings is 2. The van der Waals surface area contributed by atoms with E-state index in [1.807, 2.05) is 36.4 Å². The number of ether oxygens (including phenoxy) is 1. The zero-order valence-electron chi connectivity index (χ0n) is 19.4. The maximum atomic E-state index is 12.6. The quantitative estimate of drug-likeness (QED) is 0.498. The molecule has 1 aliphatic carbocycles. The first-order valence-corrected chi connectivity index (χ1v) is 11.5. The van der Waals surface area contributed by atoms with Gasteiger partial charge >= 0.3 is 12.1 Å². The van der Waals surface area contributed by atoms with Gasteiger partial charge in [-0.3, -0.25) is 9.59 Å². The number of amides is 2. The summed E-state index contributed by atoms with van der Waals surface area (Å²) in [6.45, 7) is 5.52. The Balaban J connectivity index is 1.60. The van der Waals surface area contributed by atoms with Crippen molar-refractivity contribution in [3.05, 3.63) is 59.7 Å². The third-order valence-electron chi connectivity index (χ3n) is 6.77. The fraction of sp³-hybridized carbons (Fsp3) is 0.423. The molecule has 1 atom stereocenters. The van der Waals surface area contributed by atoms with E-state index in [4.69, 9.17) is 4.74 Å². The first kappa shape index (κ1) is 24.3. The lowest BCUT2D eigenvalue weighted by Gasteiger charge is -2.28. The number of aliphatic carboxylic acids is 1. The van der Waals surface area contributed by atoms with Crippen molar-refractivity contribution in [3.8, 4) is 11.1 Å². The molecule has 3 N–H and O–H groups in total. The molecule has 2 aromatic rings. The van der Waals surface area contributed by atoms with Crippen LogP contribution in [0.3, 0.4) is 0 Å². The zero-order chi connectivity index (χ0) is 24.0. The molecule has 0 aromatic heterocycles. The molecule has 0 spiro atoms. The fourth-order valence-electron chi connectivity index (χ4n) is 4.39. The summed E-state index contributed by atoms with van der Waals surface area (Å²) in [6.07, 6.45) is 0.481. The number of hydrogen-bond acceptors (Lipinski definition) is 4. The van der Waals surface area contributed by atoms with Crippen molar-refractivity contribution in [1.82, 2.24) is 10.6 Å². The minimum absolute atomic E-state index is 0.0109. The highest BCUT2D eigenvalue weighted by Gasteiger charge is 2.36. The number of carboxylic acid groups (broad SMARTS) is 1. The number of nitrogens with one attached hydrogen (secondary N) is 2. The standard InChI is InChI=1S/C26H32N2O5/c1-4-22(23(29)27-16-26(5-2,6-3)24(30)31)28-25(32)33-15-21-19-13-9-7-11-17(19)18-12-8-10-14-20(18)21/h7-14,21-22H,4-6,15-16H2,1-3H3,(H,27,29)(H,28,32)(H,30,31). The zero-order valence-corrected chi connectivity index (χ0v) is 19.4. The Bertz CT molecular complexity index is 970. The molecule has 1 unspecified atom stereocenters. The topological polar surface area (TPSA) is 105 Å². The van der Waals surface area contributed by atoms with Crippen molar-refractivity contribution < 1.29 is 24.2 Å². The smallest absolute Gasteiger partial charge is 0.407 e. The Labute approximate surface area is 194 Å². The van der Waals surface area contributed by atoms with Crippen LogP contribution in [-0.4, -0.2) is 42.3 Å². The summed E-state index contributed by atoms with van der Waals surface area (Å²) in [4.78, 5) is 36.8. The van der Waals surface area contributed by atoms with Gasteiger partial charge in [-0.1, -0.05) is 69.3 Å². The van der Waals surface area contributed by atoms with E-state index in [2.05, 4.69) is 22.8 Å². The van der Waals surface area contributed by atoms with Crippen LogP contribution in [-0.2, 0) is 14.3 Å². The normalized spacial score (nSPS) is 13.5. The first-order valence-electron chi connectivity index (χ1n) is 11.5. The largest absolute Gasteiger partial charge is 0.481 e. The maximum absolute atomic E-state index is 12.6. The van der Waals surface area contributed by atoms with E-state index in [1.54, 1.807) is 20.8 Å². The Morgan fingerprint density at radius 2 is 1.52 bits per heavy atom. The molecule has 0 heterocycles. The molecule has 33 heavy (non-hydrogen) atoms. The highest BCUT2D eigenvalue weighted by molar-refractivity contribution is 5.86. The number of carbonyl (C=O) groups is 3. The fourth-order valence-corrected chi connectivity index (χ4v) is 4.39. The van der Waals surface area contributed by atoms with Gasteiger partial charge < -0.3 is 20.5 Å². The number of alkyl carbamates (subject to hydrolysis) is 1. The van der Waals surface area contributed by atoms with Crippen LogP contribution in [0.25, 0.3) is 11.1 Å². The number of fused-ring (bicyclic) bond motifs is 3. The molecule has 0 saturated carbocycles. The highest BCUT2D eigenvalue weighted by Crippen LogP contribution is 2.44. The van der Waals surface area contributed by atoms with Crippen LogP contribution in [0.15, 0.2) is 48.5 Å². The Kier molecular flexibility index (Phi) is 7.74. The van der Waals surface area contributed by atoms with E-state index >= 15 is 0 Å². The second kappa shape index (κ2) is 10.5. The van der Waals surface area contributed by atoms with Gasteiger partial charge in [0.1, 0.15) is 12.6 Å². The van der Waals surface area contributed by atoms with Gasteiger partial charge in [0.05, 0.1) is 5.41 Å². The van der Waals surface area contributed by atoms with Crippen molar-refractivity contribution in [2.75, 3.05) is 13.2 Å². The van der Waals surface area contributed by atoms with Crippen molar-refractivity contribution in [2.24, 2.45) is 5.41 Å². The number of carboxylic acids is 1. The summed E-state index contributed by atoms with van der Waals surface area (Å²) < 4.78 is 5.52. The van der Waals surface area contributed by atoms with Crippen molar-refractivity contribution in [2.45, 2.75) is 52.0 Å². The predicted molar refractivity (Wildman–Crippen MR) is 126 cm³/mol. The van der Waals surface area contributed by atoms with Gasteiger partial charge in [0.25, 0.3) is 0 Å². The van der Waals surface area contributed by atoms with Gasteiger partial charge in [-0.05, 0) is 41.5 Å². The molecular weight excluding hydrogens is 420 g/mol.